The molecule has 17 heavy (non-hydrogen) atoms. The monoisotopic (exact) mass is 256 g/mol. The molecule has 6 nitrogen and oxygen atoms in total. The molecule has 0 aliphatic carbocycles. The number of amides is 2. The highest BCUT2D eigenvalue weighted by molar-refractivity contribution is 7.12. The van der Waals surface area contributed by atoms with Gasteiger partial charge in [0.1, 0.15) is 6.04 Å². The minimum absolute atomic E-state index is 0.425. The maximum atomic E-state index is 11.7. The molecule has 1 aromatic rings. The molecule has 0 radical (unpaired) electrons. The summed E-state index contributed by atoms with van der Waals surface area (Å²) in [6.45, 7) is 1.75. The molecule has 1 aromatic heterocycles. The third kappa shape index (κ3) is 3.56. The quantitative estimate of drug-likeness (QED) is 0.694. The number of carboxylic acids is 1. The molecule has 7 heteroatoms. The molecule has 0 bridgehead atoms. The van der Waals surface area contributed by atoms with Gasteiger partial charge in [-0.15, -0.1) is 11.3 Å². The predicted octanol–water partition coefficient (Wildman–Crippen LogP) is 0.115. The van der Waals surface area contributed by atoms with Gasteiger partial charge in [0, 0.05) is 0 Å². The normalized spacial score (nSPS) is 11.8. The molecule has 0 spiro atoms. The Morgan fingerprint density at radius 3 is 2.59 bits per heavy atom. The molecule has 2 amide bonds. The first-order valence-electron chi connectivity index (χ1n) is 4.78. The van der Waals surface area contributed by atoms with E-state index in [9.17, 15) is 14.4 Å². The SMILES string of the molecule is Cc1ccsc1C(=O)N[C@H](CC(N)=O)C(=O)O. The van der Waals surface area contributed by atoms with Crippen LogP contribution in [0.15, 0.2) is 11.4 Å². The van der Waals surface area contributed by atoms with Crippen LogP contribution in [0.5, 0.6) is 0 Å². The standard InChI is InChI=1S/C10H12N2O4S/c1-5-2-3-17-8(5)9(14)12-6(10(15)16)4-7(11)13/h2-3,6H,4H2,1H3,(H2,11,13)(H,12,14)(H,15,16)/t6-/m1/s1. The molecule has 92 valence electrons. The van der Waals surface area contributed by atoms with E-state index < -0.39 is 30.2 Å². The van der Waals surface area contributed by atoms with Crippen LogP contribution >= 0.6 is 11.3 Å². The number of aryl methyl sites for hydroxylation is 1. The fraction of sp³-hybridized carbons (Fsp3) is 0.300. The van der Waals surface area contributed by atoms with Crippen molar-refractivity contribution in [2.75, 3.05) is 0 Å². The van der Waals surface area contributed by atoms with Gasteiger partial charge < -0.3 is 16.2 Å². The molecule has 0 aliphatic rings. The lowest BCUT2D eigenvalue weighted by molar-refractivity contribution is -0.140. The Morgan fingerprint density at radius 1 is 1.53 bits per heavy atom. The first kappa shape index (κ1) is 13.2. The van der Waals surface area contributed by atoms with Crippen LogP contribution in [0.25, 0.3) is 0 Å². The molecular formula is C10H12N2O4S. The minimum Gasteiger partial charge on any atom is -0.480 e. The van der Waals surface area contributed by atoms with Crippen LogP contribution < -0.4 is 11.1 Å². The number of hydrogen-bond acceptors (Lipinski definition) is 4. The summed E-state index contributed by atoms with van der Waals surface area (Å²) in [5.41, 5.74) is 5.66. The van der Waals surface area contributed by atoms with Crippen LogP contribution in [0.4, 0.5) is 0 Å². The molecule has 1 rings (SSSR count). The average molecular weight is 256 g/mol. The Bertz CT molecular complexity index is 455. The van der Waals surface area contributed by atoms with E-state index in [1.54, 1.807) is 18.4 Å². The number of nitrogens with one attached hydrogen (secondary N) is 1. The molecule has 0 aliphatic heterocycles. The van der Waals surface area contributed by atoms with Crippen LogP contribution in [0.1, 0.15) is 21.7 Å². The summed E-state index contributed by atoms with van der Waals surface area (Å²) >= 11 is 1.21. The van der Waals surface area contributed by atoms with Gasteiger partial charge in [-0.1, -0.05) is 0 Å². The summed E-state index contributed by atoms with van der Waals surface area (Å²) in [7, 11) is 0. The fourth-order valence-electron chi connectivity index (χ4n) is 1.23. The molecule has 0 fully saturated rings. The van der Waals surface area contributed by atoms with Crippen molar-refractivity contribution in [3.63, 3.8) is 0 Å². The topological polar surface area (TPSA) is 109 Å². The minimum atomic E-state index is -1.29. The molecule has 1 atom stereocenters. The van der Waals surface area contributed by atoms with Crippen LogP contribution in [-0.4, -0.2) is 28.9 Å². The van der Waals surface area contributed by atoms with Crippen molar-refractivity contribution in [1.29, 1.82) is 0 Å². The number of carboxylic acid groups (broad SMARTS) is 1. The Kier molecular flexibility index (Phi) is 4.22. The van der Waals surface area contributed by atoms with E-state index in [1.165, 1.54) is 11.3 Å². The number of aliphatic carboxylic acids is 1. The van der Waals surface area contributed by atoms with Crippen LogP contribution in [-0.2, 0) is 9.59 Å². The van der Waals surface area contributed by atoms with Crippen LogP contribution in [0, 0.1) is 6.92 Å². The van der Waals surface area contributed by atoms with E-state index in [-0.39, 0.29) is 0 Å². The molecule has 0 saturated carbocycles. The zero-order valence-electron chi connectivity index (χ0n) is 9.10. The van der Waals surface area contributed by atoms with Crippen molar-refractivity contribution >= 4 is 29.1 Å². The Balaban J connectivity index is 2.74. The number of carbonyl (C=O) groups is 3. The van der Waals surface area contributed by atoms with Gasteiger partial charge in [0.25, 0.3) is 5.91 Å². The number of primary amides is 1. The lowest BCUT2D eigenvalue weighted by Crippen LogP contribution is -2.43. The summed E-state index contributed by atoms with van der Waals surface area (Å²) in [6, 6.07) is 0.463. The van der Waals surface area contributed by atoms with E-state index >= 15 is 0 Å². The maximum absolute atomic E-state index is 11.7. The van der Waals surface area contributed by atoms with Crippen molar-refractivity contribution in [3.05, 3.63) is 21.9 Å². The van der Waals surface area contributed by atoms with Crippen LogP contribution in [0.3, 0.4) is 0 Å². The Hall–Kier alpha value is -1.89. The van der Waals surface area contributed by atoms with Crippen LogP contribution in [0.2, 0.25) is 0 Å². The molecule has 0 saturated heterocycles. The summed E-state index contributed by atoms with van der Waals surface area (Å²) in [5.74, 6) is -2.57. The first-order valence-corrected chi connectivity index (χ1v) is 5.66. The fourth-order valence-corrected chi connectivity index (χ4v) is 2.06. The lowest BCUT2D eigenvalue weighted by atomic mass is 10.2. The number of hydrogen-bond donors (Lipinski definition) is 3. The van der Waals surface area contributed by atoms with E-state index in [4.69, 9.17) is 10.8 Å². The van der Waals surface area contributed by atoms with Crippen molar-refractivity contribution in [2.45, 2.75) is 19.4 Å². The predicted molar refractivity (Wildman–Crippen MR) is 61.8 cm³/mol. The highest BCUT2D eigenvalue weighted by atomic mass is 32.1. The average Bonchev–Trinajstić information content (AvgIpc) is 2.62. The van der Waals surface area contributed by atoms with Gasteiger partial charge in [-0.3, -0.25) is 9.59 Å². The van der Waals surface area contributed by atoms with Gasteiger partial charge in [-0.25, -0.2) is 4.79 Å². The second-order valence-electron chi connectivity index (χ2n) is 3.47. The van der Waals surface area contributed by atoms with E-state index in [1.807, 2.05) is 0 Å². The first-order chi connectivity index (χ1) is 7.91. The smallest absolute Gasteiger partial charge is 0.326 e. The second-order valence-corrected chi connectivity index (χ2v) is 4.38. The zero-order chi connectivity index (χ0) is 13.0. The van der Waals surface area contributed by atoms with Crippen molar-refractivity contribution in [2.24, 2.45) is 5.73 Å². The van der Waals surface area contributed by atoms with E-state index in [2.05, 4.69) is 5.32 Å². The summed E-state index contributed by atoms with van der Waals surface area (Å²) in [6.07, 6.45) is -0.425. The van der Waals surface area contributed by atoms with Gasteiger partial charge in [0.05, 0.1) is 11.3 Å². The highest BCUT2D eigenvalue weighted by Gasteiger charge is 2.23. The zero-order valence-corrected chi connectivity index (χ0v) is 9.91. The largest absolute Gasteiger partial charge is 0.480 e. The third-order valence-electron chi connectivity index (χ3n) is 2.08. The molecular weight excluding hydrogens is 244 g/mol. The number of thiophene rings is 1. The second kappa shape index (κ2) is 5.44. The maximum Gasteiger partial charge on any atom is 0.326 e. The molecule has 1 heterocycles. The van der Waals surface area contributed by atoms with E-state index in [0.717, 1.165) is 5.56 Å². The van der Waals surface area contributed by atoms with Gasteiger partial charge in [0.15, 0.2) is 0 Å². The van der Waals surface area contributed by atoms with Gasteiger partial charge in [-0.2, -0.15) is 0 Å². The third-order valence-corrected chi connectivity index (χ3v) is 3.09. The van der Waals surface area contributed by atoms with Gasteiger partial charge >= 0.3 is 5.97 Å². The molecule has 0 aromatic carbocycles. The van der Waals surface area contributed by atoms with Crippen molar-refractivity contribution in [3.8, 4) is 0 Å². The number of carbonyl (C=O) groups excluding carboxylic acids is 2. The summed E-state index contributed by atoms with van der Waals surface area (Å²) in [5, 5.41) is 12.8. The Morgan fingerprint density at radius 2 is 2.18 bits per heavy atom. The van der Waals surface area contributed by atoms with Crippen molar-refractivity contribution in [1.82, 2.24) is 5.32 Å². The number of rotatable bonds is 5. The summed E-state index contributed by atoms with van der Waals surface area (Å²) in [4.78, 5) is 33.6. The van der Waals surface area contributed by atoms with Gasteiger partial charge in [0.2, 0.25) is 5.91 Å². The molecule has 0 unspecified atom stereocenters. The number of nitrogens with two attached hydrogens (primary N) is 1. The summed E-state index contributed by atoms with van der Waals surface area (Å²) < 4.78 is 0. The van der Waals surface area contributed by atoms with Crippen molar-refractivity contribution < 1.29 is 19.5 Å². The Labute approximate surface area is 101 Å². The molecule has 4 N–H and O–H groups in total. The highest BCUT2D eigenvalue weighted by Crippen LogP contribution is 2.15. The van der Waals surface area contributed by atoms with E-state index in [0.29, 0.717) is 4.88 Å². The van der Waals surface area contributed by atoms with Gasteiger partial charge in [-0.05, 0) is 23.9 Å². The lowest BCUT2D eigenvalue weighted by Gasteiger charge is -2.12.